The molecule has 5 nitrogen and oxygen atoms in total. The zero-order valence-corrected chi connectivity index (χ0v) is 16.3. The van der Waals surface area contributed by atoms with Crippen molar-refractivity contribution in [1.29, 1.82) is 0 Å². The van der Waals surface area contributed by atoms with Gasteiger partial charge in [0.25, 0.3) is 0 Å². The topological polar surface area (TPSA) is 56.3 Å². The predicted molar refractivity (Wildman–Crippen MR) is 99.4 cm³/mol. The molecule has 2 aliphatic rings. The van der Waals surface area contributed by atoms with Gasteiger partial charge in [-0.1, -0.05) is 44.3 Å². The van der Waals surface area contributed by atoms with Crippen molar-refractivity contribution in [3.63, 3.8) is 0 Å². The number of methoxy groups -OCH3 is 2. The molecule has 0 unspecified atom stereocenters. The minimum Gasteiger partial charge on any atom is -0.491 e. The van der Waals surface area contributed by atoms with Crippen molar-refractivity contribution in [1.82, 2.24) is 9.97 Å². The molecule has 6 heteroatoms. The fourth-order valence-corrected chi connectivity index (χ4v) is 9.60. The molecule has 1 aliphatic carbocycles. The minimum atomic E-state index is -0.939. The Labute approximate surface area is 146 Å². The van der Waals surface area contributed by atoms with Crippen LogP contribution in [-0.2, 0) is 11.3 Å². The van der Waals surface area contributed by atoms with E-state index in [0.29, 0.717) is 12.6 Å². The number of nitrogens with one attached hydrogen (secondary N) is 1. The molecule has 0 aromatic carbocycles. The van der Waals surface area contributed by atoms with E-state index in [1.165, 1.54) is 38.5 Å². The smallest absolute Gasteiger partial charge is 0.185 e. The minimum absolute atomic E-state index is 0.442. The first-order valence-electron chi connectivity index (χ1n) is 9.29. The first-order valence-corrected chi connectivity index (χ1v) is 12.3. The van der Waals surface area contributed by atoms with Gasteiger partial charge in [-0.2, -0.15) is 0 Å². The third kappa shape index (κ3) is 3.75. The van der Waals surface area contributed by atoms with Crippen molar-refractivity contribution in [2.75, 3.05) is 19.5 Å². The summed E-state index contributed by atoms with van der Waals surface area (Å²) in [6.07, 6.45) is 9.84. The molecule has 0 spiro atoms. The highest BCUT2D eigenvalue weighted by Gasteiger charge is 2.40. The lowest BCUT2D eigenvalue weighted by molar-refractivity contribution is 0.178. The van der Waals surface area contributed by atoms with Crippen molar-refractivity contribution >= 4 is 13.9 Å². The second kappa shape index (κ2) is 7.83. The molecule has 134 valence electrons. The normalized spacial score (nSPS) is 26.3. The Kier molecular flexibility index (Phi) is 5.76. The molecule has 0 bridgehead atoms. The van der Waals surface area contributed by atoms with E-state index >= 15 is 0 Å². The summed E-state index contributed by atoms with van der Waals surface area (Å²) in [6, 6.07) is 3.63. The quantitative estimate of drug-likeness (QED) is 0.779. The van der Waals surface area contributed by atoms with Gasteiger partial charge in [0, 0.05) is 13.2 Å². The van der Waals surface area contributed by atoms with Gasteiger partial charge in [-0.05, 0) is 18.4 Å². The molecule has 1 aromatic rings. The summed E-state index contributed by atoms with van der Waals surface area (Å²) in [4.78, 5) is 8.67. The van der Waals surface area contributed by atoms with E-state index in [9.17, 15) is 0 Å². The van der Waals surface area contributed by atoms with E-state index in [1.807, 2.05) is 0 Å². The summed E-state index contributed by atoms with van der Waals surface area (Å²) >= 11 is 0. The van der Waals surface area contributed by atoms with Crippen LogP contribution in [0.3, 0.4) is 0 Å². The van der Waals surface area contributed by atoms with Gasteiger partial charge in [-0.3, -0.25) is 0 Å². The van der Waals surface area contributed by atoms with Crippen LogP contribution < -0.4 is 10.1 Å². The zero-order valence-electron chi connectivity index (χ0n) is 15.3. The molecule has 24 heavy (non-hydrogen) atoms. The van der Waals surface area contributed by atoms with Gasteiger partial charge in [0.1, 0.15) is 12.0 Å². The number of anilines is 1. The second-order valence-corrected chi connectivity index (χ2v) is 12.8. The van der Waals surface area contributed by atoms with Crippen molar-refractivity contribution in [2.45, 2.75) is 75.4 Å². The van der Waals surface area contributed by atoms with Gasteiger partial charge in [0.05, 0.1) is 21.8 Å². The highest BCUT2D eigenvalue weighted by molar-refractivity contribution is 6.80. The summed E-state index contributed by atoms with van der Waals surface area (Å²) in [5.41, 5.74) is 1.84. The molecular weight excluding hydrogens is 318 g/mol. The van der Waals surface area contributed by atoms with Crippen LogP contribution >= 0.6 is 0 Å². The summed E-state index contributed by atoms with van der Waals surface area (Å²) < 4.78 is 10.7. The van der Waals surface area contributed by atoms with Crippen LogP contribution in [0.1, 0.15) is 44.2 Å². The van der Waals surface area contributed by atoms with Gasteiger partial charge in [0.2, 0.25) is 0 Å². The largest absolute Gasteiger partial charge is 0.491 e. The summed E-state index contributed by atoms with van der Waals surface area (Å²) in [5, 5.41) is 3.61. The van der Waals surface area contributed by atoms with Gasteiger partial charge in [-0.15, -0.1) is 0 Å². The molecule has 0 radical (unpaired) electrons. The van der Waals surface area contributed by atoms with Crippen LogP contribution in [0, 0.1) is 0 Å². The molecule has 1 N–H and O–H groups in total. The van der Waals surface area contributed by atoms with E-state index in [0.717, 1.165) is 22.8 Å². The number of hydrogen-bond donors (Lipinski definition) is 1. The van der Waals surface area contributed by atoms with Gasteiger partial charge < -0.3 is 14.8 Å². The standard InChI is InChI=1S/C18H31N3O2Si/c1-22-12-16-17(23-2)18(20-13-19-16)21-14-6-8-15(9-7-14)24(3)10-4-5-11-24/h13-15H,4-12H2,1-3H3,(H,19,20,21)/t14-,15+. The third-order valence-electron chi connectivity index (χ3n) is 6.16. The molecule has 1 aromatic heterocycles. The fraction of sp³-hybridized carbons (Fsp3) is 0.778. The summed E-state index contributed by atoms with van der Waals surface area (Å²) in [5.74, 6) is 1.53. The molecular formula is C18H31N3O2Si. The molecule has 3 rings (SSSR count). The summed E-state index contributed by atoms with van der Waals surface area (Å²) in [7, 11) is 2.40. The van der Waals surface area contributed by atoms with Crippen LogP contribution in [0.15, 0.2) is 6.33 Å². The van der Waals surface area contributed by atoms with E-state index < -0.39 is 8.07 Å². The van der Waals surface area contributed by atoms with Crippen molar-refractivity contribution in [3.05, 3.63) is 12.0 Å². The Balaban J connectivity index is 1.61. The lowest BCUT2D eigenvalue weighted by atomic mass is 9.95. The van der Waals surface area contributed by atoms with Crippen molar-refractivity contribution in [2.24, 2.45) is 0 Å². The van der Waals surface area contributed by atoms with Crippen molar-refractivity contribution in [3.8, 4) is 5.75 Å². The third-order valence-corrected chi connectivity index (χ3v) is 11.7. The predicted octanol–water partition coefficient (Wildman–Crippen LogP) is 4.23. The van der Waals surface area contributed by atoms with Gasteiger partial charge >= 0.3 is 0 Å². The number of rotatable bonds is 6. The van der Waals surface area contributed by atoms with Gasteiger partial charge in [-0.25, -0.2) is 9.97 Å². The van der Waals surface area contributed by atoms with E-state index in [2.05, 4.69) is 21.8 Å². The lowest BCUT2D eigenvalue weighted by Crippen LogP contribution is -2.37. The number of aromatic nitrogens is 2. The SMILES string of the molecule is COCc1ncnc(N[C@H]2CC[C@@H]([Si]3(C)CCCC3)CC2)c1OC. The van der Waals surface area contributed by atoms with Crippen LogP contribution in [0.25, 0.3) is 0 Å². The van der Waals surface area contributed by atoms with E-state index in [1.54, 1.807) is 32.6 Å². The maximum Gasteiger partial charge on any atom is 0.185 e. The molecule has 1 saturated heterocycles. The van der Waals surface area contributed by atoms with Crippen LogP contribution in [-0.4, -0.2) is 38.3 Å². The van der Waals surface area contributed by atoms with E-state index in [4.69, 9.17) is 9.47 Å². The monoisotopic (exact) mass is 349 g/mol. The Bertz CT molecular complexity index is 541. The molecule has 1 aliphatic heterocycles. The van der Waals surface area contributed by atoms with E-state index in [-0.39, 0.29) is 0 Å². The Morgan fingerprint density at radius 2 is 1.83 bits per heavy atom. The average Bonchev–Trinajstić information content (AvgIpc) is 3.04. The maximum atomic E-state index is 5.53. The van der Waals surface area contributed by atoms with Crippen LogP contribution in [0.2, 0.25) is 24.2 Å². The molecule has 0 amide bonds. The second-order valence-electron chi connectivity index (χ2n) is 7.69. The van der Waals surface area contributed by atoms with Crippen LogP contribution in [0.4, 0.5) is 5.82 Å². The van der Waals surface area contributed by atoms with Crippen LogP contribution in [0.5, 0.6) is 5.75 Å². The molecule has 1 saturated carbocycles. The Morgan fingerprint density at radius 3 is 2.46 bits per heavy atom. The summed E-state index contributed by atoms with van der Waals surface area (Å²) in [6.45, 7) is 3.10. The lowest BCUT2D eigenvalue weighted by Gasteiger charge is -2.38. The molecule has 2 fully saturated rings. The Hall–Kier alpha value is -1.14. The highest BCUT2D eigenvalue weighted by atomic mass is 28.3. The highest BCUT2D eigenvalue weighted by Crippen LogP contribution is 2.46. The number of hydrogen-bond acceptors (Lipinski definition) is 5. The fourth-order valence-electron chi connectivity index (χ4n) is 4.69. The number of nitrogens with zero attached hydrogens (tertiary/aromatic N) is 2. The Morgan fingerprint density at radius 1 is 1.12 bits per heavy atom. The van der Waals surface area contributed by atoms with Crippen molar-refractivity contribution < 1.29 is 9.47 Å². The zero-order chi connectivity index (χ0) is 17.0. The average molecular weight is 350 g/mol. The van der Waals surface area contributed by atoms with Gasteiger partial charge in [0.15, 0.2) is 11.6 Å². The molecule has 0 atom stereocenters. The maximum absolute atomic E-state index is 5.53. The first-order chi connectivity index (χ1) is 11.7. The first kappa shape index (κ1) is 17.7. The molecule has 2 heterocycles. The number of ether oxygens (including phenoxy) is 2.